The largest absolute Gasteiger partial charge is 0.335 e. The van der Waals surface area contributed by atoms with E-state index in [9.17, 15) is 0 Å². The summed E-state index contributed by atoms with van der Waals surface area (Å²) in [6, 6.07) is 12.9. The van der Waals surface area contributed by atoms with Crippen molar-refractivity contribution in [1.29, 1.82) is 0 Å². The smallest absolute Gasteiger partial charge is 0.324 e. The van der Waals surface area contributed by atoms with Gasteiger partial charge in [0.05, 0.1) is 13.2 Å². The average Bonchev–Trinajstić information content (AvgIpc) is 3.12. The van der Waals surface area contributed by atoms with E-state index in [-0.39, 0.29) is 0 Å². The molecule has 5 nitrogen and oxygen atoms in total. The summed E-state index contributed by atoms with van der Waals surface area (Å²) in [4.78, 5) is 5.27. The predicted octanol–water partition coefficient (Wildman–Crippen LogP) is 3.58. The van der Waals surface area contributed by atoms with Crippen molar-refractivity contribution in [1.82, 2.24) is 10.0 Å². The van der Waals surface area contributed by atoms with Crippen molar-refractivity contribution in [2.45, 2.75) is 38.1 Å². The van der Waals surface area contributed by atoms with E-state index >= 15 is 0 Å². The van der Waals surface area contributed by atoms with E-state index in [0.717, 1.165) is 0 Å². The lowest BCUT2D eigenvalue weighted by Gasteiger charge is -2.29. The highest BCUT2D eigenvalue weighted by molar-refractivity contribution is 7.51. The van der Waals surface area contributed by atoms with Gasteiger partial charge in [-0.25, -0.2) is 0 Å². The van der Waals surface area contributed by atoms with E-state index in [1.54, 1.807) is 7.11 Å². The van der Waals surface area contributed by atoms with Crippen molar-refractivity contribution in [3.8, 4) is 5.69 Å². The Hall–Kier alpha value is -1.76. The second-order valence-electron chi connectivity index (χ2n) is 5.95. The van der Waals surface area contributed by atoms with E-state index in [4.69, 9.17) is 13.3 Å². The molecule has 2 aromatic rings. The molecule has 0 bridgehead atoms. The van der Waals surface area contributed by atoms with Crippen LogP contribution in [-0.4, -0.2) is 20.1 Å². The number of aromatic nitrogens is 1. The molecule has 6 heteroatoms. The van der Waals surface area contributed by atoms with Crippen molar-refractivity contribution in [2.75, 3.05) is 7.11 Å². The summed E-state index contributed by atoms with van der Waals surface area (Å²) in [5.41, 5.74) is 5.73. The molecule has 1 atom stereocenters. The minimum absolute atomic E-state index is 0.292. The minimum atomic E-state index is -0.750. The van der Waals surface area contributed by atoms with E-state index in [2.05, 4.69) is 52.8 Å². The molecule has 1 fully saturated rings. The maximum Gasteiger partial charge on any atom is 0.335 e. The Bertz CT molecular complexity index is 633. The highest BCUT2D eigenvalue weighted by Crippen LogP contribution is 2.34. The fraction of sp³-hybridized carbons (Fsp3) is 0.444. The highest BCUT2D eigenvalue weighted by atomic mass is 32.1. The van der Waals surface area contributed by atoms with Gasteiger partial charge in [-0.3, -0.25) is 0 Å². The van der Waals surface area contributed by atoms with E-state index < -0.39 is 11.6 Å². The second-order valence-corrected chi connectivity index (χ2v) is 6.09. The van der Waals surface area contributed by atoms with E-state index in [1.807, 2.05) is 6.07 Å². The van der Waals surface area contributed by atoms with Gasteiger partial charge in [0.25, 0.3) is 0 Å². The van der Waals surface area contributed by atoms with Gasteiger partial charge < -0.3 is 9.40 Å². The van der Waals surface area contributed by atoms with Crippen molar-refractivity contribution < 1.29 is 13.3 Å². The lowest BCUT2D eigenvalue weighted by molar-refractivity contribution is 0.0333. The lowest BCUT2D eigenvalue weighted by atomic mass is 9.82. The lowest BCUT2D eigenvalue weighted by Crippen LogP contribution is -2.28. The third-order valence-electron chi connectivity index (χ3n) is 4.50. The van der Waals surface area contributed by atoms with Gasteiger partial charge in [-0.1, -0.05) is 37.5 Å². The Kier molecular flexibility index (Phi) is 7.88. The topological polar surface area (TPSA) is 60.3 Å². The number of hydroxylamine groups is 1. The second kappa shape index (κ2) is 10.2. The van der Waals surface area contributed by atoms with Crippen molar-refractivity contribution in [2.24, 2.45) is 5.92 Å². The molecule has 1 aromatic heterocycles. The standard InChI is InChI=1S/C18H24N2O.O2S/c1-21-19-18(15-8-4-2-5-9-15)16-12-13-20(14-16)17-10-6-3-7-11-17;1-3-2/h3,6-7,10-15,18-19H,2,4-5,8-9H2,1H3;/t18-;/m1./s1. The van der Waals surface area contributed by atoms with Crippen molar-refractivity contribution in [3.63, 3.8) is 0 Å². The zero-order valence-corrected chi connectivity index (χ0v) is 14.7. The minimum Gasteiger partial charge on any atom is -0.324 e. The molecule has 1 aliphatic rings. The van der Waals surface area contributed by atoms with E-state index in [0.29, 0.717) is 12.0 Å². The third-order valence-corrected chi connectivity index (χ3v) is 4.50. The van der Waals surface area contributed by atoms with Crippen LogP contribution in [0.5, 0.6) is 0 Å². The summed E-state index contributed by atoms with van der Waals surface area (Å²) >= 11 is -0.750. The molecule has 1 aromatic carbocycles. The van der Waals surface area contributed by atoms with E-state index in [1.165, 1.54) is 43.4 Å². The number of para-hydroxylation sites is 1. The number of nitrogens with zero attached hydrogens (tertiary/aromatic N) is 1. The van der Waals surface area contributed by atoms with Crippen LogP contribution in [0.1, 0.15) is 43.7 Å². The molecule has 1 heterocycles. The van der Waals surface area contributed by atoms with Crippen LogP contribution < -0.4 is 5.48 Å². The van der Waals surface area contributed by atoms with Crippen LogP contribution in [0, 0.1) is 5.92 Å². The quantitative estimate of drug-likeness (QED) is 0.839. The molecular weight excluding hydrogens is 324 g/mol. The van der Waals surface area contributed by atoms with Gasteiger partial charge in [0.1, 0.15) is 0 Å². The molecule has 130 valence electrons. The number of nitrogens with one attached hydrogen (secondary N) is 1. The summed E-state index contributed by atoms with van der Waals surface area (Å²) in [6.45, 7) is 0. The Balaban J connectivity index is 0.000000647. The molecule has 0 saturated heterocycles. The van der Waals surface area contributed by atoms with Gasteiger partial charge in [0.15, 0.2) is 0 Å². The number of hydrogen-bond donors (Lipinski definition) is 1. The van der Waals surface area contributed by atoms with Crippen LogP contribution in [0.2, 0.25) is 0 Å². The maximum atomic E-state index is 8.29. The summed E-state index contributed by atoms with van der Waals surface area (Å²) in [7, 11) is 1.71. The first kappa shape index (κ1) is 18.6. The number of benzene rings is 1. The Morgan fingerprint density at radius 2 is 1.79 bits per heavy atom. The van der Waals surface area contributed by atoms with Gasteiger partial charge in [-0.2, -0.15) is 13.9 Å². The summed E-state index contributed by atoms with van der Waals surface area (Å²) in [6.07, 6.45) is 11.0. The summed E-state index contributed by atoms with van der Waals surface area (Å²) < 4.78 is 18.8. The molecule has 1 saturated carbocycles. The molecule has 0 spiro atoms. The summed E-state index contributed by atoms with van der Waals surface area (Å²) in [5.74, 6) is 0.672. The fourth-order valence-electron chi connectivity index (χ4n) is 3.39. The van der Waals surface area contributed by atoms with Crippen LogP contribution in [0.25, 0.3) is 5.69 Å². The molecule has 1 aliphatic carbocycles. The van der Waals surface area contributed by atoms with Gasteiger partial charge in [-0.05, 0) is 42.5 Å². The summed E-state index contributed by atoms with van der Waals surface area (Å²) in [5, 5.41) is 0. The predicted molar refractivity (Wildman–Crippen MR) is 94.1 cm³/mol. The Labute approximate surface area is 146 Å². The molecular formula is C18H24N2O3S. The first-order valence-electron chi connectivity index (χ1n) is 8.23. The third kappa shape index (κ3) is 5.12. The van der Waals surface area contributed by atoms with Crippen molar-refractivity contribution in [3.05, 3.63) is 54.4 Å². The van der Waals surface area contributed by atoms with Gasteiger partial charge in [0.2, 0.25) is 0 Å². The first-order chi connectivity index (χ1) is 11.8. The van der Waals surface area contributed by atoms with Crippen molar-refractivity contribution >= 4 is 11.6 Å². The van der Waals surface area contributed by atoms with Crippen LogP contribution in [0.15, 0.2) is 48.8 Å². The van der Waals surface area contributed by atoms with Gasteiger partial charge >= 0.3 is 11.6 Å². The number of rotatable bonds is 5. The maximum absolute atomic E-state index is 8.29. The first-order valence-corrected chi connectivity index (χ1v) is 8.90. The fourth-order valence-corrected chi connectivity index (χ4v) is 3.39. The van der Waals surface area contributed by atoms with Crippen LogP contribution in [-0.2, 0) is 16.4 Å². The monoisotopic (exact) mass is 348 g/mol. The van der Waals surface area contributed by atoms with Gasteiger partial charge in [0, 0.05) is 18.1 Å². The average molecular weight is 348 g/mol. The number of hydrogen-bond acceptors (Lipinski definition) is 4. The molecule has 1 N–H and O–H groups in total. The zero-order chi connectivity index (χ0) is 17.2. The van der Waals surface area contributed by atoms with Gasteiger partial charge in [-0.15, -0.1) is 0 Å². The molecule has 0 amide bonds. The molecule has 24 heavy (non-hydrogen) atoms. The zero-order valence-electron chi connectivity index (χ0n) is 13.9. The molecule has 0 radical (unpaired) electrons. The highest BCUT2D eigenvalue weighted by Gasteiger charge is 2.25. The molecule has 0 aliphatic heterocycles. The SMILES string of the molecule is CON[C@@H](c1ccn(-c2ccccc2)c1)C1CCCCC1.O=S=O. The molecule has 0 unspecified atom stereocenters. The van der Waals surface area contributed by atoms with Crippen LogP contribution in [0.3, 0.4) is 0 Å². The Morgan fingerprint density at radius 3 is 2.42 bits per heavy atom. The normalized spacial score (nSPS) is 16.0. The molecule has 3 rings (SSSR count). The Morgan fingerprint density at radius 1 is 1.12 bits per heavy atom. The van der Waals surface area contributed by atoms with Crippen LogP contribution >= 0.6 is 0 Å². The van der Waals surface area contributed by atoms with Crippen LogP contribution in [0.4, 0.5) is 0 Å².